The molecule has 0 aliphatic carbocycles. The smallest absolute Gasteiger partial charge is 0.220 e. The van der Waals surface area contributed by atoms with Crippen molar-refractivity contribution in [3.8, 4) is 0 Å². The third-order valence-electron chi connectivity index (χ3n) is 12.6. The lowest BCUT2D eigenvalue weighted by molar-refractivity contribution is -0.302. The van der Waals surface area contributed by atoms with Crippen LogP contribution in [0, 0.1) is 0 Å². The number of ether oxygens (including phenoxy) is 2. The molecule has 1 aliphatic rings. The van der Waals surface area contributed by atoms with E-state index in [9.17, 15) is 30.3 Å². The van der Waals surface area contributed by atoms with E-state index < -0.39 is 49.5 Å². The first-order valence-electron chi connectivity index (χ1n) is 25.9. The molecule has 7 unspecified atom stereocenters. The van der Waals surface area contributed by atoms with Crippen molar-refractivity contribution >= 4 is 5.91 Å². The van der Waals surface area contributed by atoms with Crippen LogP contribution in [0.3, 0.4) is 0 Å². The average Bonchev–Trinajstić information content (AvgIpc) is 3.25. The number of nitrogens with one attached hydrogen (secondary N) is 1. The quantitative estimate of drug-likeness (QED) is 0.0262. The number of aliphatic hydroxyl groups excluding tert-OH is 5. The standard InChI is InChI=1S/C51H99NO8/c1-3-5-7-9-11-13-15-16-17-18-19-20-21-22-23-24-25-26-27-28-29-31-32-34-36-38-40-45(54)44(43-59-51-50(58)49(57)48(56)46(42-53)60-51)52-47(55)41-39-37-35-33-30-14-12-10-8-6-4-2/h10,12,44-46,48-51,53-54,56-58H,3-9,11,13-43H2,1-2H3,(H,52,55)/b12-10-. The lowest BCUT2D eigenvalue weighted by atomic mass is 9.99. The lowest BCUT2D eigenvalue weighted by Crippen LogP contribution is -2.60. The van der Waals surface area contributed by atoms with Gasteiger partial charge in [-0.05, 0) is 32.1 Å². The Kier molecular flexibility index (Phi) is 39.8. The number of allylic oxidation sites excluding steroid dienone is 2. The van der Waals surface area contributed by atoms with Gasteiger partial charge in [-0.1, -0.05) is 225 Å². The van der Waals surface area contributed by atoms with E-state index in [-0.39, 0.29) is 12.5 Å². The van der Waals surface area contributed by atoms with Crippen LogP contribution in [-0.2, 0) is 14.3 Å². The maximum atomic E-state index is 12.9. The Balaban J connectivity index is 2.18. The highest BCUT2D eigenvalue weighted by Gasteiger charge is 2.44. The molecule has 1 amide bonds. The number of hydrogen-bond donors (Lipinski definition) is 6. The van der Waals surface area contributed by atoms with Gasteiger partial charge in [0, 0.05) is 6.42 Å². The normalized spacial score (nSPS) is 20.6. The van der Waals surface area contributed by atoms with Crippen LogP contribution >= 0.6 is 0 Å². The van der Waals surface area contributed by atoms with Gasteiger partial charge in [0.25, 0.3) is 0 Å². The molecule has 9 nitrogen and oxygen atoms in total. The number of aliphatic hydroxyl groups is 5. The molecule has 9 heteroatoms. The number of unbranched alkanes of at least 4 members (excludes halogenated alkanes) is 32. The van der Waals surface area contributed by atoms with Gasteiger partial charge in [0.05, 0.1) is 25.4 Å². The largest absolute Gasteiger partial charge is 0.394 e. The van der Waals surface area contributed by atoms with Gasteiger partial charge in [-0.15, -0.1) is 0 Å². The first kappa shape index (κ1) is 56.9. The van der Waals surface area contributed by atoms with E-state index in [1.807, 2.05) is 0 Å². The highest BCUT2D eigenvalue weighted by atomic mass is 16.7. The molecule has 1 aliphatic heterocycles. The first-order chi connectivity index (χ1) is 29.3. The minimum Gasteiger partial charge on any atom is -0.394 e. The van der Waals surface area contributed by atoms with Crippen LogP contribution in [-0.4, -0.2) is 87.5 Å². The van der Waals surface area contributed by atoms with Crippen LogP contribution in [0.5, 0.6) is 0 Å². The van der Waals surface area contributed by atoms with Gasteiger partial charge in [0.1, 0.15) is 24.4 Å². The van der Waals surface area contributed by atoms with Gasteiger partial charge in [0.15, 0.2) is 6.29 Å². The Hall–Kier alpha value is -1.07. The Labute approximate surface area is 369 Å². The van der Waals surface area contributed by atoms with E-state index in [0.29, 0.717) is 12.8 Å². The highest BCUT2D eigenvalue weighted by molar-refractivity contribution is 5.76. The van der Waals surface area contributed by atoms with Crippen LogP contribution in [0.2, 0.25) is 0 Å². The summed E-state index contributed by atoms with van der Waals surface area (Å²) in [4.78, 5) is 12.9. The van der Waals surface area contributed by atoms with Gasteiger partial charge < -0.3 is 40.3 Å². The Morgan fingerprint density at radius 1 is 0.550 bits per heavy atom. The second-order valence-corrected chi connectivity index (χ2v) is 18.3. The molecule has 0 aromatic carbocycles. The minimum atomic E-state index is -1.55. The fourth-order valence-corrected chi connectivity index (χ4v) is 8.44. The van der Waals surface area contributed by atoms with Crippen LogP contribution in [0.15, 0.2) is 12.2 Å². The summed E-state index contributed by atoms with van der Waals surface area (Å²) in [6.45, 7) is 3.81. The summed E-state index contributed by atoms with van der Waals surface area (Å²) in [6.07, 6.45) is 42.4. The minimum absolute atomic E-state index is 0.138. The first-order valence-corrected chi connectivity index (χ1v) is 25.9. The summed E-state index contributed by atoms with van der Waals surface area (Å²) in [5.74, 6) is -0.152. The zero-order chi connectivity index (χ0) is 43.7. The maximum Gasteiger partial charge on any atom is 0.220 e. The van der Waals surface area contributed by atoms with Crippen molar-refractivity contribution in [3.63, 3.8) is 0 Å². The molecule has 7 atom stereocenters. The molecule has 0 aromatic heterocycles. The van der Waals surface area contributed by atoms with E-state index in [1.165, 1.54) is 161 Å². The fraction of sp³-hybridized carbons (Fsp3) is 0.941. The number of carbonyl (C=O) groups is 1. The molecule has 1 saturated heterocycles. The summed E-state index contributed by atoms with van der Waals surface area (Å²) in [7, 11) is 0. The zero-order valence-electron chi connectivity index (χ0n) is 39.2. The number of amides is 1. The number of hydrogen-bond acceptors (Lipinski definition) is 8. The van der Waals surface area contributed by atoms with Crippen LogP contribution in [0.25, 0.3) is 0 Å². The van der Waals surface area contributed by atoms with E-state index in [1.54, 1.807) is 0 Å². The summed E-state index contributed by atoms with van der Waals surface area (Å²) in [5, 5.41) is 54.4. The number of carbonyl (C=O) groups excluding carboxylic acids is 1. The molecular weight excluding hydrogens is 755 g/mol. The molecule has 1 rings (SSSR count). The molecule has 6 N–H and O–H groups in total. The average molecular weight is 854 g/mol. The van der Waals surface area contributed by atoms with Crippen molar-refractivity contribution in [2.45, 2.75) is 294 Å². The second kappa shape index (κ2) is 41.9. The van der Waals surface area contributed by atoms with E-state index in [2.05, 4.69) is 31.3 Å². The molecule has 0 spiro atoms. The summed E-state index contributed by atoms with van der Waals surface area (Å²) < 4.78 is 11.3. The molecule has 0 radical (unpaired) electrons. The van der Waals surface area contributed by atoms with E-state index >= 15 is 0 Å². The van der Waals surface area contributed by atoms with Crippen molar-refractivity contribution in [2.24, 2.45) is 0 Å². The molecular formula is C51H99NO8. The molecule has 1 heterocycles. The summed E-state index contributed by atoms with van der Waals surface area (Å²) in [5.41, 5.74) is 0. The van der Waals surface area contributed by atoms with Crippen molar-refractivity contribution < 1.29 is 39.8 Å². The third kappa shape index (κ3) is 31.7. The predicted octanol–water partition coefficient (Wildman–Crippen LogP) is 11.7. The summed E-state index contributed by atoms with van der Waals surface area (Å²) >= 11 is 0. The monoisotopic (exact) mass is 854 g/mol. The zero-order valence-corrected chi connectivity index (χ0v) is 39.2. The summed E-state index contributed by atoms with van der Waals surface area (Å²) in [6, 6.07) is -0.719. The van der Waals surface area contributed by atoms with Crippen LogP contribution in [0.4, 0.5) is 0 Å². The third-order valence-corrected chi connectivity index (χ3v) is 12.6. The van der Waals surface area contributed by atoms with Crippen molar-refractivity contribution in [3.05, 3.63) is 12.2 Å². The van der Waals surface area contributed by atoms with E-state index in [0.717, 1.165) is 64.2 Å². The van der Waals surface area contributed by atoms with E-state index in [4.69, 9.17) is 9.47 Å². The van der Waals surface area contributed by atoms with Gasteiger partial charge >= 0.3 is 0 Å². The lowest BCUT2D eigenvalue weighted by Gasteiger charge is -2.40. The SMILES string of the molecule is CCCC/C=C\CCCCCCCC(=O)NC(COC1OC(CO)C(O)C(O)C1O)C(O)CCCCCCCCCCCCCCCCCCCCCCCCCCCC. The predicted molar refractivity (Wildman–Crippen MR) is 249 cm³/mol. The molecule has 356 valence electrons. The van der Waals surface area contributed by atoms with Gasteiger partial charge in [-0.2, -0.15) is 0 Å². The molecule has 0 aromatic rings. The Morgan fingerprint density at radius 3 is 1.40 bits per heavy atom. The molecule has 1 fully saturated rings. The second-order valence-electron chi connectivity index (χ2n) is 18.3. The topological polar surface area (TPSA) is 149 Å². The molecule has 0 saturated carbocycles. The molecule has 60 heavy (non-hydrogen) atoms. The Morgan fingerprint density at radius 2 is 0.950 bits per heavy atom. The van der Waals surface area contributed by atoms with Crippen molar-refractivity contribution in [1.82, 2.24) is 5.32 Å². The van der Waals surface area contributed by atoms with Crippen molar-refractivity contribution in [2.75, 3.05) is 13.2 Å². The van der Waals surface area contributed by atoms with Gasteiger partial charge in [-0.25, -0.2) is 0 Å². The van der Waals surface area contributed by atoms with Gasteiger partial charge in [0.2, 0.25) is 5.91 Å². The van der Waals surface area contributed by atoms with Crippen molar-refractivity contribution in [1.29, 1.82) is 0 Å². The maximum absolute atomic E-state index is 12.9. The fourth-order valence-electron chi connectivity index (χ4n) is 8.44. The van der Waals surface area contributed by atoms with Crippen LogP contribution < -0.4 is 5.32 Å². The molecule has 0 bridgehead atoms. The van der Waals surface area contributed by atoms with Gasteiger partial charge in [-0.3, -0.25) is 4.79 Å². The number of rotatable bonds is 44. The highest BCUT2D eigenvalue weighted by Crippen LogP contribution is 2.23. The van der Waals surface area contributed by atoms with Crippen LogP contribution in [0.1, 0.15) is 251 Å². The Bertz CT molecular complexity index is 950.